The molecule has 9 heteroatoms. The van der Waals surface area contributed by atoms with Gasteiger partial charge >= 0.3 is 0 Å². The second-order valence-electron chi connectivity index (χ2n) is 3.80. The van der Waals surface area contributed by atoms with Crippen LogP contribution in [0.2, 0.25) is 0 Å². The lowest BCUT2D eigenvalue weighted by atomic mass is 10.2. The van der Waals surface area contributed by atoms with Gasteiger partial charge in [-0.25, -0.2) is 26.9 Å². The molecule has 5 nitrogen and oxygen atoms in total. The molecule has 1 aromatic carbocycles. The fourth-order valence-electron chi connectivity index (χ4n) is 1.48. The van der Waals surface area contributed by atoms with E-state index in [2.05, 4.69) is 9.71 Å². The second kappa shape index (κ2) is 5.92. The van der Waals surface area contributed by atoms with Gasteiger partial charge in [-0.1, -0.05) is 0 Å². The van der Waals surface area contributed by atoms with Gasteiger partial charge in [0.15, 0.2) is 11.6 Å². The van der Waals surface area contributed by atoms with E-state index in [9.17, 15) is 17.2 Å². The summed E-state index contributed by atoms with van der Waals surface area (Å²) in [5.74, 6) is -2.81. The summed E-state index contributed by atoms with van der Waals surface area (Å²) >= 11 is 1.23. The van der Waals surface area contributed by atoms with Gasteiger partial charge in [-0.05, 0) is 17.7 Å². The third kappa shape index (κ3) is 3.18. The topological polar surface area (TPSA) is 79.3 Å². The van der Waals surface area contributed by atoms with Crippen molar-refractivity contribution in [2.24, 2.45) is 0 Å². The monoisotopic (exact) mass is 320 g/mol. The van der Waals surface area contributed by atoms with Gasteiger partial charge < -0.3 is 5.11 Å². The van der Waals surface area contributed by atoms with E-state index >= 15 is 0 Å². The largest absolute Gasteiger partial charge is 0.392 e. The Morgan fingerprint density at radius 2 is 2.10 bits per heavy atom. The molecule has 1 heterocycles. The van der Waals surface area contributed by atoms with Crippen LogP contribution in [0, 0.1) is 11.6 Å². The summed E-state index contributed by atoms with van der Waals surface area (Å²) in [7, 11) is -4.23. The van der Waals surface area contributed by atoms with Gasteiger partial charge in [0.1, 0.15) is 9.90 Å². The van der Waals surface area contributed by atoms with E-state index in [1.54, 1.807) is 5.38 Å². The molecule has 0 saturated heterocycles. The van der Waals surface area contributed by atoms with Crippen LogP contribution < -0.4 is 4.72 Å². The van der Waals surface area contributed by atoms with E-state index in [4.69, 9.17) is 5.11 Å². The van der Waals surface area contributed by atoms with Crippen LogP contribution in [-0.4, -0.2) is 18.5 Å². The first-order valence-corrected chi connectivity index (χ1v) is 7.77. The zero-order valence-corrected chi connectivity index (χ0v) is 11.6. The molecule has 0 bridgehead atoms. The molecule has 0 radical (unpaired) electrons. The molecule has 108 valence electrons. The third-order valence-electron chi connectivity index (χ3n) is 2.42. The zero-order chi connectivity index (χ0) is 14.8. The van der Waals surface area contributed by atoms with Crippen LogP contribution in [0.4, 0.5) is 8.78 Å². The Balaban J connectivity index is 2.31. The van der Waals surface area contributed by atoms with E-state index in [1.807, 2.05) is 0 Å². The Morgan fingerprint density at radius 1 is 1.35 bits per heavy atom. The molecule has 1 aromatic heterocycles. The molecule has 0 unspecified atom stereocenters. The first-order valence-electron chi connectivity index (χ1n) is 5.41. The molecule has 0 aliphatic heterocycles. The molecule has 2 aromatic rings. The highest BCUT2D eigenvalue weighted by atomic mass is 32.2. The lowest BCUT2D eigenvalue weighted by Gasteiger charge is -2.08. The lowest BCUT2D eigenvalue weighted by Crippen LogP contribution is -2.24. The summed E-state index contributed by atoms with van der Waals surface area (Å²) in [5.41, 5.74) is -0.0291. The maximum Gasteiger partial charge on any atom is 0.243 e. The van der Waals surface area contributed by atoms with Crippen LogP contribution in [0.25, 0.3) is 0 Å². The quantitative estimate of drug-likeness (QED) is 0.872. The number of sulfonamides is 1. The Kier molecular flexibility index (Phi) is 4.43. The number of rotatable bonds is 5. The maximum atomic E-state index is 13.6. The highest BCUT2D eigenvalue weighted by Crippen LogP contribution is 2.20. The van der Waals surface area contributed by atoms with E-state index in [0.29, 0.717) is 5.01 Å². The van der Waals surface area contributed by atoms with Crippen LogP contribution in [0.1, 0.15) is 10.6 Å². The van der Waals surface area contributed by atoms with Crippen molar-refractivity contribution >= 4 is 21.4 Å². The van der Waals surface area contributed by atoms with Gasteiger partial charge in [-0.2, -0.15) is 0 Å². The highest BCUT2D eigenvalue weighted by Gasteiger charge is 2.23. The van der Waals surface area contributed by atoms with E-state index in [-0.39, 0.29) is 12.1 Å². The number of thiazole rings is 1. The number of aromatic nitrogens is 1. The average molecular weight is 320 g/mol. The predicted octanol–water partition coefficient (Wildman–Crippen LogP) is 1.39. The van der Waals surface area contributed by atoms with Crippen molar-refractivity contribution in [3.63, 3.8) is 0 Å². The van der Waals surface area contributed by atoms with Crippen LogP contribution in [-0.2, 0) is 23.2 Å². The Morgan fingerprint density at radius 3 is 2.70 bits per heavy atom. The first-order chi connectivity index (χ1) is 9.44. The standard InChI is InChI=1S/C11H10F2N2O3S2/c12-8-3-7(6-16)4-9(11(8)13)20(17,18)15-5-10-14-1-2-19-10/h1-4,15-16H,5-6H2. The lowest BCUT2D eigenvalue weighted by molar-refractivity contribution is 0.280. The summed E-state index contributed by atoms with van der Waals surface area (Å²) in [6, 6.07) is 1.64. The minimum atomic E-state index is -4.23. The molecule has 0 saturated carbocycles. The number of nitrogens with zero attached hydrogens (tertiary/aromatic N) is 1. The number of nitrogens with one attached hydrogen (secondary N) is 1. The summed E-state index contributed by atoms with van der Waals surface area (Å²) in [6.45, 7) is -0.712. The molecule has 20 heavy (non-hydrogen) atoms. The number of hydrogen-bond donors (Lipinski definition) is 2. The average Bonchev–Trinajstić information content (AvgIpc) is 2.92. The van der Waals surface area contributed by atoms with Crippen molar-refractivity contribution in [1.82, 2.24) is 9.71 Å². The number of benzene rings is 1. The number of aliphatic hydroxyl groups excluding tert-OH is 1. The van der Waals surface area contributed by atoms with Crippen molar-refractivity contribution in [2.75, 3.05) is 0 Å². The van der Waals surface area contributed by atoms with Crippen molar-refractivity contribution in [1.29, 1.82) is 0 Å². The summed E-state index contributed by atoms with van der Waals surface area (Å²) in [4.78, 5) is 3.04. The molecule has 0 aliphatic rings. The van der Waals surface area contributed by atoms with E-state index in [0.717, 1.165) is 12.1 Å². The smallest absolute Gasteiger partial charge is 0.243 e. The van der Waals surface area contributed by atoms with Crippen LogP contribution in [0.5, 0.6) is 0 Å². The molecule has 0 spiro atoms. The molecule has 0 amide bonds. The number of hydrogen-bond acceptors (Lipinski definition) is 5. The molecule has 2 rings (SSSR count). The van der Waals surface area contributed by atoms with Crippen molar-refractivity contribution in [3.8, 4) is 0 Å². The van der Waals surface area contributed by atoms with Crippen LogP contribution in [0.3, 0.4) is 0 Å². The Hall–Kier alpha value is -1.42. The minimum absolute atomic E-state index is 0.0291. The van der Waals surface area contributed by atoms with Gasteiger partial charge in [0.25, 0.3) is 0 Å². The van der Waals surface area contributed by atoms with Crippen molar-refractivity contribution < 1.29 is 22.3 Å². The van der Waals surface area contributed by atoms with Crippen molar-refractivity contribution in [3.05, 3.63) is 45.9 Å². The normalized spacial score (nSPS) is 11.8. The summed E-state index contributed by atoms with van der Waals surface area (Å²) in [6.07, 6.45) is 1.50. The molecule has 0 fully saturated rings. The van der Waals surface area contributed by atoms with Gasteiger partial charge in [-0.15, -0.1) is 11.3 Å². The Labute approximate surface area is 118 Å². The number of halogens is 2. The minimum Gasteiger partial charge on any atom is -0.392 e. The first kappa shape index (κ1) is 15.0. The molecule has 0 aliphatic carbocycles. The van der Waals surface area contributed by atoms with Gasteiger partial charge in [0, 0.05) is 11.6 Å². The van der Waals surface area contributed by atoms with Gasteiger partial charge in [-0.3, -0.25) is 0 Å². The van der Waals surface area contributed by atoms with Crippen LogP contribution >= 0.6 is 11.3 Å². The molecule has 0 atom stereocenters. The van der Waals surface area contributed by atoms with E-state index < -0.39 is 33.2 Å². The number of aliphatic hydroxyl groups is 1. The second-order valence-corrected chi connectivity index (χ2v) is 6.51. The zero-order valence-electron chi connectivity index (χ0n) is 10.0. The van der Waals surface area contributed by atoms with E-state index in [1.165, 1.54) is 17.5 Å². The van der Waals surface area contributed by atoms with Gasteiger partial charge in [0.05, 0.1) is 13.2 Å². The maximum absolute atomic E-state index is 13.6. The van der Waals surface area contributed by atoms with Crippen molar-refractivity contribution in [2.45, 2.75) is 18.0 Å². The predicted molar refractivity (Wildman–Crippen MR) is 68.4 cm³/mol. The fourth-order valence-corrected chi connectivity index (χ4v) is 3.25. The molecule has 2 N–H and O–H groups in total. The SMILES string of the molecule is O=S(=O)(NCc1nccs1)c1cc(CO)cc(F)c1F. The fraction of sp³-hybridized carbons (Fsp3) is 0.182. The molecular formula is C11H10F2N2O3S2. The Bertz CT molecular complexity index is 703. The highest BCUT2D eigenvalue weighted by molar-refractivity contribution is 7.89. The molecular weight excluding hydrogens is 310 g/mol. The van der Waals surface area contributed by atoms with Crippen LogP contribution in [0.15, 0.2) is 28.6 Å². The van der Waals surface area contributed by atoms with Gasteiger partial charge in [0.2, 0.25) is 10.0 Å². The summed E-state index contributed by atoms with van der Waals surface area (Å²) < 4.78 is 52.9. The summed E-state index contributed by atoms with van der Waals surface area (Å²) in [5, 5.41) is 11.1. The third-order valence-corrected chi connectivity index (χ3v) is 4.60.